The van der Waals surface area contributed by atoms with E-state index in [9.17, 15) is 28.7 Å². The van der Waals surface area contributed by atoms with Gasteiger partial charge in [-0.15, -0.1) is 0 Å². The Balaban J connectivity index is 2.52. The predicted octanol–water partition coefficient (Wildman–Crippen LogP) is 2.64. The number of rotatable bonds is 6. The number of carboxylic acid groups (broad SMARTS) is 1. The minimum Gasteiger partial charge on any atom is -0.480 e. The highest BCUT2D eigenvalue weighted by Gasteiger charge is 2.22. The molecule has 0 radical (unpaired) electrons. The zero-order chi connectivity index (χ0) is 23.5. The highest BCUT2D eigenvalue weighted by atomic mass is 35.5. The maximum Gasteiger partial charge on any atom is 0.407 e. The van der Waals surface area contributed by atoms with Crippen molar-refractivity contribution in [2.24, 2.45) is 0 Å². The summed E-state index contributed by atoms with van der Waals surface area (Å²) >= 11 is 5.99. The number of ether oxygens (including phenoxy) is 1. The number of carbonyl (C=O) groups excluding carboxylic acids is 1. The molecule has 168 valence electrons. The first-order valence-electron chi connectivity index (χ1n) is 9.33. The molecule has 0 saturated carbocycles. The average molecular weight is 456 g/mol. The van der Waals surface area contributed by atoms with Crippen LogP contribution in [0.15, 0.2) is 34.0 Å². The predicted molar refractivity (Wildman–Crippen MR) is 112 cm³/mol. The van der Waals surface area contributed by atoms with E-state index in [1.165, 1.54) is 19.1 Å². The normalized spacial score (nSPS) is 12.3. The molecule has 0 aliphatic carbocycles. The van der Waals surface area contributed by atoms with Gasteiger partial charge < -0.3 is 15.2 Å². The van der Waals surface area contributed by atoms with Gasteiger partial charge in [0, 0.05) is 24.8 Å². The molecular formula is C20H23ClFN3O6. The summed E-state index contributed by atoms with van der Waals surface area (Å²) in [6, 6.07) is 2.50. The van der Waals surface area contributed by atoms with Crippen molar-refractivity contribution >= 4 is 23.7 Å². The number of halogens is 2. The van der Waals surface area contributed by atoms with E-state index in [4.69, 9.17) is 16.3 Å². The average Bonchev–Trinajstić information content (AvgIpc) is 2.65. The summed E-state index contributed by atoms with van der Waals surface area (Å²) in [6.45, 7) is 5.87. The van der Waals surface area contributed by atoms with Crippen molar-refractivity contribution in [1.82, 2.24) is 14.5 Å². The van der Waals surface area contributed by atoms with Gasteiger partial charge in [0.2, 0.25) is 0 Å². The number of carbonyl (C=O) groups is 2. The molecule has 0 saturated heterocycles. The van der Waals surface area contributed by atoms with Crippen LogP contribution in [-0.4, -0.2) is 38.4 Å². The quantitative estimate of drug-likeness (QED) is 0.691. The van der Waals surface area contributed by atoms with Crippen molar-refractivity contribution < 1.29 is 23.8 Å². The summed E-state index contributed by atoms with van der Waals surface area (Å²) in [4.78, 5) is 49.0. The van der Waals surface area contributed by atoms with E-state index >= 15 is 0 Å². The van der Waals surface area contributed by atoms with Crippen LogP contribution in [0.3, 0.4) is 0 Å². The number of aromatic nitrogens is 2. The second-order valence-corrected chi connectivity index (χ2v) is 8.11. The Labute approximate surface area is 182 Å². The van der Waals surface area contributed by atoms with E-state index in [2.05, 4.69) is 5.32 Å². The van der Waals surface area contributed by atoms with Crippen molar-refractivity contribution in [2.45, 2.75) is 45.9 Å². The second kappa shape index (κ2) is 9.34. The van der Waals surface area contributed by atoms with Crippen molar-refractivity contribution in [3.63, 3.8) is 0 Å². The molecule has 1 amide bonds. The molecule has 9 nitrogen and oxygen atoms in total. The SMILES string of the molecule is CC(C(=O)O)n1cc(-c2cccc(F)c2Cl)c(=O)n(CCNC(=O)OC(C)(C)C)c1=O. The maximum absolute atomic E-state index is 13.9. The van der Waals surface area contributed by atoms with Gasteiger partial charge in [-0.05, 0) is 33.8 Å². The van der Waals surface area contributed by atoms with E-state index in [0.717, 1.165) is 21.4 Å². The number of aliphatic carboxylic acids is 1. The van der Waals surface area contributed by atoms with Crippen LogP contribution in [0.4, 0.5) is 9.18 Å². The summed E-state index contributed by atoms with van der Waals surface area (Å²) in [5.74, 6) is -2.09. The molecular weight excluding hydrogens is 433 g/mol. The topological polar surface area (TPSA) is 120 Å². The summed E-state index contributed by atoms with van der Waals surface area (Å²) in [6.07, 6.45) is 0.297. The zero-order valence-electron chi connectivity index (χ0n) is 17.4. The lowest BCUT2D eigenvalue weighted by Gasteiger charge is -2.20. The van der Waals surface area contributed by atoms with Gasteiger partial charge in [0.1, 0.15) is 17.5 Å². The fraction of sp³-hybridized carbons (Fsp3) is 0.400. The van der Waals surface area contributed by atoms with Crippen LogP contribution in [0.1, 0.15) is 33.7 Å². The van der Waals surface area contributed by atoms with E-state index in [0.29, 0.717) is 0 Å². The van der Waals surface area contributed by atoms with Crippen molar-refractivity contribution in [1.29, 1.82) is 0 Å². The third kappa shape index (κ3) is 5.72. The van der Waals surface area contributed by atoms with E-state index in [1.54, 1.807) is 20.8 Å². The molecule has 0 fully saturated rings. The first-order valence-corrected chi connectivity index (χ1v) is 9.71. The Morgan fingerprint density at radius 2 is 1.90 bits per heavy atom. The number of alkyl carbamates (subject to hydrolysis) is 1. The molecule has 1 heterocycles. The van der Waals surface area contributed by atoms with Gasteiger partial charge in [-0.1, -0.05) is 23.7 Å². The van der Waals surface area contributed by atoms with Gasteiger partial charge in [0.05, 0.1) is 10.6 Å². The highest BCUT2D eigenvalue weighted by Crippen LogP contribution is 2.27. The molecule has 2 rings (SSSR count). The van der Waals surface area contributed by atoms with Gasteiger partial charge in [-0.2, -0.15) is 0 Å². The molecule has 0 aliphatic rings. The molecule has 1 aromatic carbocycles. The Morgan fingerprint density at radius 3 is 2.48 bits per heavy atom. The molecule has 1 aromatic heterocycles. The van der Waals surface area contributed by atoms with Gasteiger partial charge >= 0.3 is 17.8 Å². The van der Waals surface area contributed by atoms with Crippen LogP contribution in [-0.2, 0) is 16.1 Å². The van der Waals surface area contributed by atoms with Crippen LogP contribution in [0.5, 0.6) is 0 Å². The summed E-state index contributed by atoms with van der Waals surface area (Å²) in [5.41, 5.74) is -2.60. The number of nitrogens with one attached hydrogen (secondary N) is 1. The number of benzene rings is 1. The maximum atomic E-state index is 13.9. The summed E-state index contributed by atoms with van der Waals surface area (Å²) < 4.78 is 20.6. The van der Waals surface area contributed by atoms with Crippen molar-refractivity contribution in [3.05, 3.63) is 56.1 Å². The third-order valence-corrected chi connectivity index (χ3v) is 4.60. The van der Waals surface area contributed by atoms with E-state index in [-0.39, 0.29) is 29.2 Å². The van der Waals surface area contributed by atoms with Crippen molar-refractivity contribution in [2.75, 3.05) is 6.54 Å². The fourth-order valence-corrected chi connectivity index (χ4v) is 2.92. The molecule has 0 aliphatic heterocycles. The minimum absolute atomic E-state index is 0.00635. The highest BCUT2D eigenvalue weighted by molar-refractivity contribution is 6.33. The lowest BCUT2D eigenvalue weighted by atomic mass is 10.1. The molecule has 0 spiro atoms. The fourth-order valence-electron chi connectivity index (χ4n) is 2.70. The van der Waals surface area contributed by atoms with Gasteiger partial charge in [0.15, 0.2) is 0 Å². The first-order chi connectivity index (χ1) is 14.3. The summed E-state index contributed by atoms with van der Waals surface area (Å²) in [5, 5.41) is 11.4. The number of carboxylic acids is 1. The molecule has 1 unspecified atom stereocenters. The number of amides is 1. The van der Waals surface area contributed by atoms with Crippen molar-refractivity contribution in [3.8, 4) is 11.1 Å². The van der Waals surface area contributed by atoms with Gasteiger partial charge in [0.25, 0.3) is 5.56 Å². The minimum atomic E-state index is -1.32. The Morgan fingerprint density at radius 1 is 1.26 bits per heavy atom. The number of hydrogen-bond acceptors (Lipinski definition) is 5. The largest absolute Gasteiger partial charge is 0.480 e. The van der Waals surface area contributed by atoms with E-state index in [1.807, 2.05) is 0 Å². The van der Waals surface area contributed by atoms with Gasteiger partial charge in [-0.3, -0.25) is 13.9 Å². The molecule has 1 atom stereocenters. The Kier molecular flexibility index (Phi) is 7.27. The molecule has 11 heteroatoms. The van der Waals surface area contributed by atoms with Crippen LogP contribution in [0, 0.1) is 5.82 Å². The lowest BCUT2D eigenvalue weighted by Crippen LogP contribution is -2.45. The monoisotopic (exact) mass is 455 g/mol. The van der Waals surface area contributed by atoms with Crippen LogP contribution >= 0.6 is 11.6 Å². The van der Waals surface area contributed by atoms with Gasteiger partial charge in [-0.25, -0.2) is 18.8 Å². The van der Waals surface area contributed by atoms with Crippen LogP contribution in [0.2, 0.25) is 5.02 Å². The lowest BCUT2D eigenvalue weighted by molar-refractivity contribution is -0.140. The number of nitrogens with zero attached hydrogens (tertiary/aromatic N) is 2. The molecule has 2 N–H and O–H groups in total. The molecule has 2 aromatic rings. The summed E-state index contributed by atoms with van der Waals surface area (Å²) in [7, 11) is 0. The smallest absolute Gasteiger partial charge is 0.407 e. The number of hydrogen-bond donors (Lipinski definition) is 2. The molecule has 0 bridgehead atoms. The third-order valence-electron chi connectivity index (χ3n) is 4.22. The molecule has 31 heavy (non-hydrogen) atoms. The van der Waals surface area contributed by atoms with E-state index < -0.39 is 40.8 Å². The zero-order valence-corrected chi connectivity index (χ0v) is 18.2. The van der Waals surface area contributed by atoms with Crippen LogP contribution < -0.4 is 16.6 Å². The van der Waals surface area contributed by atoms with Crippen LogP contribution in [0.25, 0.3) is 11.1 Å². The Bertz CT molecular complexity index is 1120. The first kappa shape index (κ1) is 24.1. The second-order valence-electron chi connectivity index (χ2n) is 7.73. The Hall–Kier alpha value is -3.14. The standard InChI is InChI=1S/C20H23ClFN3O6/c1-11(17(27)28)25-10-13(12-6-5-7-14(22)15(12)21)16(26)24(19(25)30)9-8-23-18(29)31-20(2,3)4/h5-7,10-11H,8-9H2,1-4H3,(H,23,29)(H,27,28).